The number of benzene rings is 2. The van der Waals surface area contributed by atoms with Gasteiger partial charge in [-0.05, 0) is 36.4 Å². The molecule has 0 aliphatic carbocycles. The number of aromatic nitrogens is 6. The second kappa shape index (κ2) is 6.67. The minimum absolute atomic E-state index is 0.677. The normalized spacial score (nSPS) is 11.5. The Morgan fingerprint density at radius 2 is 1.32 bits per heavy atom. The number of aryl methyl sites for hydroxylation is 2. The monoisotopic (exact) mass is 404 g/mol. The van der Waals surface area contributed by atoms with Gasteiger partial charge in [0.15, 0.2) is 5.65 Å². The van der Waals surface area contributed by atoms with E-state index in [-0.39, 0.29) is 0 Å². The molecule has 0 atom stereocenters. The van der Waals surface area contributed by atoms with E-state index in [9.17, 15) is 0 Å². The molecule has 6 heteroatoms. The van der Waals surface area contributed by atoms with Crippen LogP contribution in [-0.4, -0.2) is 28.7 Å². The fraction of sp³-hybridized carbons (Fsp3) is 0.0800. The quantitative estimate of drug-likeness (QED) is 0.384. The summed E-state index contributed by atoms with van der Waals surface area (Å²) in [5.41, 5.74) is 6.00. The lowest BCUT2D eigenvalue weighted by molar-refractivity contribution is 0.950. The molecule has 0 unspecified atom stereocenters. The van der Waals surface area contributed by atoms with Crippen LogP contribution in [0.4, 0.5) is 0 Å². The third-order valence-corrected chi connectivity index (χ3v) is 5.96. The zero-order valence-electron chi connectivity index (χ0n) is 17.3. The second-order valence-electron chi connectivity index (χ2n) is 7.64. The first-order valence-corrected chi connectivity index (χ1v) is 10.2. The van der Waals surface area contributed by atoms with Crippen LogP contribution in [0, 0.1) is 0 Å². The molecule has 0 saturated carbocycles. The van der Waals surface area contributed by atoms with Crippen LogP contribution in [0.2, 0.25) is 0 Å². The highest BCUT2D eigenvalue weighted by Gasteiger charge is 2.11. The molecule has 31 heavy (non-hydrogen) atoms. The zero-order chi connectivity index (χ0) is 20.9. The third-order valence-electron chi connectivity index (χ3n) is 5.96. The maximum atomic E-state index is 4.81. The van der Waals surface area contributed by atoms with Gasteiger partial charge in [-0.1, -0.05) is 30.3 Å². The molecule has 6 rings (SSSR count). The number of rotatable bonds is 1. The molecule has 0 amide bonds. The molecule has 4 heterocycles. The molecule has 150 valence electrons. The van der Waals surface area contributed by atoms with Crippen molar-refractivity contribution in [1.82, 2.24) is 28.7 Å². The average Bonchev–Trinajstić information content (AvgIpc) is 3.10. The zero-order valence-corrected chi connectivity index (χ0v) is 17.3. The Labute approximate surface area is 178 Å². The summed E-state index contributed by atoms with van der Waals surface area (Å²) < 4.78 is 6.34. The number of pyridine rings is 2. The van der Waals surface area contributed by atoms with Crippen LogP contribution in [0.5, 0.6) is 0 Å². The molecular weight excluding hydrogens is 384 g/mol. The molecule has 6 nitrogen and oxygen atoms in total. The first-order valence-electron chi connectivity index (χ1n) is 10.2. The summed E-state index contributed by atoms with van der Waals surface area (Å²) in [6, 6.07) is 22.8. The van der Waals surface area contributed by atoms with Crippen LogP contribution in [0.1, 0.15) is 0 Å². The lowest BCUT2D eigenvalue weighted by atomic mass is 10.2. The molecule has 2 aromatic carbocycles. The Morgan fingerprint density at radius 3 is 2.19 bits per heavy atom. The molecule has 0 saturated heterocycles. The van der Waals surface area contributed by atoms with Crippen LogP contribution >= 0.6 is 0 Å². The Balaban J connectivity index is 1.74. The van der Waals surface area contributed by atoms with Crippen molar-refractivity contribution >= 4 is 44.0 Å². The van der Waals surface area contributed by atoms with Crippen molar-refractivity contribution in [3.63, 3.8) is 0 Å². The van der Waals surface area contributed by atoms with Gasteiger partial charge in [-0.25, -0.2) is 15.0 Å². The second-order valence-corrected chi connectivity index (χ2v) is 7.64. The van der Waals surface area contributed by atoms with Gasteiger partial charge < -0.3 is 9.13 Å². The van der Waals surface area contributed by atoms with Crippen LogP contribution < -0.4 is 0 Å². The van der Waals surface area contributed by atoms with Crippen LogP contribution in [0.25, 0.3) is 49.8 Å². The molecule has 0 spiro atoms. The summed E-state index contributed by atoms with van der Waals surface area (Å²) in [6.45, 7) is 0. The van der Waals surface area contributed by atoms with Gasteiger partial charge in [-0.3, -0.25) is 4.57 Å². The smallest absolute Gasteiger partial charge is 0.177 e. The van der Waals surface area contributed by atoms with E-state index >= 15 is 0 Å². The third kappa shape index (κ3) is 2.61. The highest BCUT2D eigenvalue weighted by atomic mass is 15.1. The van der Waals surface area contributed by atoms with Crippen molar-refractivity contribution in [3.05, 3.63) is 85.5 Å². The van der Waals surface area contributed by atoms with Gasteiger partial charge in [-0.2, -0.15) is 0 Å². The van der Waals surface area contributed by atoms with Gasteiger partial charge in [0.05, 0.1) is 28.3 Å². The van der Waals surface area contributed by atoms with Crippen molar-refractivity contribution < 1.29 is 0 Å². The van der Waals surface area contributed by atoms with Gasteiger partial charge in [-0.15, -0.1) is 0 Å². The highest BCUT2D eigenvalue weighted by Crippen LogP contribution is 2.29. The molecule has 0 fully saturated rings. The number of nitrogens with zero attached hydrogens (tertiary/aromatic N) is 6. The minimum Gasteiger partial charge on any atom is -0.342 e. The van der Waals surface area contributed by atoms with E-state index in [0.717, 1.165) is 27.9 Å². The molecule has 0 aliphatic rings. The SMILES string of the molecule is Cn1c2ccccc2c2cc(-n3cnc4ncccc4n(C)c4ccccc43)ncc21. The van der Waals surface area contributed by atoms with E-state index in [1.54, 1.807) is 6.20 Å². The summed E-state index contributed by atoms with van der Waals surface area (Å²) in [7, 11) is 4.12. The van der Waals surface area contributed by atoms with E-state index in [2.05, 4.69) is 63.6 Å². The Morgan fingerprint density at radius 1 is 0.613 bits per heavy atom. The molecular formula is C25H20N6. The van der Waals surface area contributed by atoms with Crippen molar-refractivity contribution in [2.24, 2.45) is 14.1 Å². The van der Waals surface area contributed by atoms with Gasteiger partial charge >= 0.3 is 0 Å². The van der Waals surface area contributed by atoms with Gasteiger partial charge in [0, 0.05) is 36.6 Å². The summed E-state index contributed by atoms with van der Waals surface area (Å²) in [5, 5.41) is 2.38. The lowest BCUT2D eigenvalue weighted by Gasteiger charge is -2.12. The standard InChI is InChI=1S/C25H20N6/c1-29-19-9-4-3-8-17(19)18-14-24(27-15-23(18)29)31-16-28-25-22(12-7-13-26-25)30(2)20-10-5-6-11-21(20)31/h3-16H,1-2H3. The molecule has 4 aromatic heterocycles. The number of para-hydroxylation sites is 3. The lowest BCUT2D eigenvalue weighted by Crippen LogP contribution is -2.04. The van der Waals surface area contributed by atoms with E-state index in [4.69, 9.17) is 9.97 Å². The van der Waals surface area contributed by atoms with Crippen LogP contribution in [0.15, 0.2) is 85.5 Å². The van der Waals surface area contributed by atoms with Crippen molar-refractivity contribution in [2.45, 2.75) is 0 Å². The first-order chi connectivity index (χ1) is 15.2. The molecule has 0 radical (unpaired) electrons. The minimum atomic E-state index is 0.677. The number of fused-ring (bicyclic) bond motifs is 5. The Hall–Kier alpha value is -4.19. The summed E-state index contributed by atoms with van der Waals surface area (Å²) in [6.07, 6.45) is 5.52. The Bertz CT molecular complexity index is 1670. The van der Waals surface area contributed by atoms with Gasteiger partial charge in [0.25, 0.3) is 0 Å². The van der Waals surface area contributed by atoms with E-state index in [0.29, 0.717) is 5.65 Å². The fourth-order valence-corrected chi connectivity index (χ4v) is 4.36. The van der Waals surface area contributed by atoms with E-state index in [1.807, 2.05) is 48.4 Å². The maximum Gasteiger partial charge on any atom is 0.177 e. The number of hydrogen-bond donors (Lipinski definition) is 0. The predicted octanol–water partition coefficient (Wildman–Crippen LogP) is 5.08. The largest absolute Gasteiger partial charge is 0.342 e. The maximum absolute atomic E-state index is 4.81. The average molecular weight is 404 g/mol. The van der Waals surface area contributed by atoms with Crippen molar-refractivity contribution in [1.29, 1.82) is 0 Å². The molecule has 0 bridgehead atoms. The molecule has 0 N–H and O–H groups in total. The fourth-order valence-electron chi connectivity index (χ4n) is 4.36. The van der Waals surface area contributed by atoms with Crippen molar-refractivity contribution in [2.75, 3.05) is 0 Å². The van der Waals surface area contributed by atoms with Gasteiger partial charge in [0.1, 0.15) is 12.1 Å². The molecule has 6 aromatic rings. The Kier molecular flexibility index (Phi) is 3.80. The van der Waals surface area contributed by atoms with E-state index in [1.165, 1.54) is 16.3 Å². The van der Waals surface area contributed by atoms with Crippen molar-refractivity contribution in [3.8, 4) is 5.82 Å². The van der Waals surface area contributed by atoms with E-state index < -0.39 is 0 Å². The molecule has 0 aliphatic heterocycles. The first kappa shape index (κ1) is 17.7. The van der Waals surface area contributed by atoms with Crippen LogP contribution in [-0.2, 0) is 14.1 Å². The predicted molar refractivity (Wildman–Crippen MR) is 125 cm³/mol. The highest BCUT2D eigenvalue weighted by molar-refractivity contribution is 6.08. The van der Waals surface area contributed by atoms with Crippen LogP contribution in [0.3, 0.4) is 0 Å². The topological polar surface area (TPSA) is 53.5 Å². The summed E-state index contributed by atoms with van der Waals surface area (Å²) >= 11 is 0. The summed E-state index contributed by atoms with van der Waals surface area (Å²) in [4.78, 5) is 14.0. The number of hydrogen-bond acceptors (Lipinski definition) is 3. The summed E-state index contributed by atoms with van der Waals surface area (Å²) in [5.74, 6) is 0.813. The van der Waals surface area contributed by atoms with Gasteiger partial charge in [0.2, 0.25) is 0 Å².